The Kier molecular flexibility index (Phi) is 15.9. The molecule has 2 aromatic carbocycles. The molecule has 0 radical (unpaired) electrons. The highest BCUT2D eigenvalue weighted by atomic mass is 16.6. The molecule has 2 rings (SSSR count). The molecular formula is C35H56NO3+. The predicted octanol–water partition coefficient (Wildman–Crippen LogP) is 8.91. The van der Waals surface area contributed by atoms with E-state index in [2.05, 4.69) is 58.3 Å². The Morgan fingerprint density at radius 3 is 2.03 bits per heavy atom. The van der Waals surface area contributed by atoms with E-state index in [-0.39, 0.29) is 24.7 Å². The highest BCUT2D eigenvalue weighted by Crippen LogP contribution is 2.21. The van der Waals surface area contributed by atoms with E-state index >= 15 is 0 Å². The molecule has 2 unspecified atom stereocenters. The number of ether oxygens (including phenoxy) is 2. The molecule has 0 aliphatic rings. The first-order valence-electron chi connectivity index (χ1n) is 15.6. The van der Waals surface area contributed by atoms with Crippen molar-refractivity contribution in [1.82, 2.24) is 0 Å². The van der Waals surface area contributed by atoms with Gasteiger partial charge in [-0.05, 0) is 43.9 Å². The first kappa shape index (κ1) is 32.9. The third-order valence-corrected chi connectivity index (χ3v) is 7.63. The maximum atomic E-state index is 13.2. The summed E-state index contributed by atoms with van der Waals surface area (Å²) in [6, 6.07) is 18.6. The van der Waals surface area contributed by atoms with E-state index in [1.54, 1.807) is 0 Å². The van der Waals surface area contributed by atoms with Crippen LogP contribution in [0.2, 0.25) is 0 Å². The Hall–Kier alpha value is -2.33. The fourth-order valence-electron chi connectivity index (χ4n) is 5.34. The minimum absolute atomic E-state index is 0.136. The summed E-state index contributed by atoms with van der Waals surface area (Å²) in [5.41, 5.74) is 2.55. The lowest BCUT2D eigenvalue weighted by molar-refractivity contribution is -0.920. The van der Waals surface area contributed by atoms with Gasteiger partial charge in [0.15, 0.2) is 6.04 Å². The Morgan fingerprint density at radius 2 is 1.38 bits per heavy atom. The maximum absolute atomic E-state index is 13.2. The van der Waals surface area contributed by atoms with Gasteiger partial charge in [0.1, 0.15) is 25.0 Å². The van der Waals surface area contributed by atoms with Crippen LogP contribution >= 0.6 is 0 Å². The molecule has 2 aromatic rings. The minimum atomic E-state index is -0.202. The van der Waals surface area contributed by atoms with Crippen LogP contribution in [0.3, 0.4) is 0 Å². The highest BCUT2D eigenvalue weighted by Gasteiger charge is 2.36. The first-order valence-corrected chi connectivity index (χ1v) is 15.6. The predicted molar refractivity (Wildman–Crippen MR) is 164 cm³/mol. The van der Waals surface area contributed by atoms with Crippen molar-refractivity contribution in [2.45, 2.75) is 123 Å². The third kappa shape index (κ3) is 13.5. The molecule has 0 amide bonds. The van der Waals surface area contributed by atoms with Crippen LogP contribution in [0.5, 0.6) is 5.75 Å². The Bertz CT molecular complexity index is 911. The van der Waals surface area contributed by atoms with Crippen LogP contribution < -0.4 is 4.74 Å². The summed E-state index contributed by atoms with van der Waals surface area (Å²) in [5, 5.41) is 0. The number of unbranched alkanes of at least 4 members (excludes halogenated alkanes) is 9. The zero-order valence-electron chi connectivity index (χ0n) is 25.6. The van der Waals surface area contributed by atoms with Crippen molar-refractivity contribution >= 4 is 5.97 Å². The topological polar surface area (TPSA) is 35.5 Å². The third-order valence-electron chi connectivity index (χ3n) is 7.63. The molecule has 0 N–H and O–H groups in total. The van der Waals surface area contributed by atoms with Gasteiger partial charge in [-0.2, -0.15) is 0 Å². The van der Waals surface area contributed by atoms with Crippen molar-refractivity contribution in [1.29, 1.82) is 0 Å². The van der Waals surface area contributed by atoms with E-state index in [4.69, 9.17) is 9.47 Å². The van der Waals surface area contributed by atoms with Crippen molar-refractivity contribution in [3.8, 4) is 5.75 Å². The summed E-state index contributed by atoms with van der Waals surface area (Å²) in [6.07, 6.45) is 16.2. The van der Waals surface area contributed by atoms with Gasteiger partial charge < -0.3 is 14.0 Å². The molecule has 0 aliphatic carbocycles. The Morgan fingerprint density at radius 1 is 0.769 bits per heavy atom. The summed E-state index contributed by atoms with van der Waals surface area (Å²) in [4.78, 5) is 13.2. The number of quaternary nitrogens is 1. The zero-order chi connectivity index (χ0) is 28.3. The number of carbonyl (C=O) groups is 1. The lowest BCUT2D eigenvalue weighted by Gasteiger charge is -2.36. The smallest absolute Gasteiger partial charge is 0.365 e. The number of aryl methyl sites for hydroxylation is 1. The molecule has 0 spiro atoms. The van der Waals surface area contributed by atoms with Gasteiger partial charge in [0, 0.05) is 12.0 Å². The number of hydrogen-bond donors (Lipinski definition) is 0. The van der Waals surface area contributed by atoms with Gasteiger partial charge >= 0.3 is 5.97 Å². The molecule has 218 valence electrons. The number of benzene rings is 2. The van der Waals surface area contributed by atoms with Gasteiger partial charge in [0.2, 0.25) is 0 Å². The second kappa shape index (κ2) is 18.9. The molecular weight excluding hydrogens is 482 g/mol. The van der Waals surface area contributed by atoms with Gasteiger partial charge in [-0.3, -0.25) is 0 Å². The molecule has 0 bridgehead atoms. The highest BCUT2D eigenvalue weighted by molar-refractivity contribution is 5.74. The minimum Gasteiger partial charge on any atom is -0.487 e. The molecule has 0 heterocycles. The lowest BCUT2D eigenvalue weighted by Crippen LogP contribution is -2.53. The number of likely N-dealkylation sites (N-methyl/N-ethyl adjacent to an activating group) is 1. The standard InChI is InChI=1S/C35H56NO3/c1-6-8-9-10-11-12-13-14-15-17-22-31-25-20-26-33(27-31)39-30(3)29-38-35(37)34(21-7-2)36(4,5)28-32-23-18-16-19-24-32/h16,18-20,23-27,30,34H,6-15,17,21-22,28-29H2,1-5H3/q+1. The average Bonchev–Trinajstić information content (AvgIpc) is 2.92. The molecule has 2 atom stereocenters. The van der Waals surface area contributed by atoms with E-state index in [0.29, 0.717) is 4.48 Å². The van der Waals surface area contributed by atoms with E-state index in [0.717, 1.165) is 31.6 Å². The van der Waals surface area contributed by atoms with Crippen LogP contribution in [0.1, 0.15) is 109 Å². The second-order valence-corrected chi connectivity index (χ2v) is 11.9. The van der Waals surface area contributed by atoms with Gasteiger partial charge in [-0.25, -0.2) is 4.79 Å². The quantitative estimate of drug-likeness (QED) is 0.0904. The van der Waals surface area contributed by atoms with Crippen LogP contribution in [0.4, 0.5) is 0 Å². The first-order chi connectivity index (χ1) is 18.9. The summed E-state index contributed by atoms with van der Waals surface area (Å²) in [6.45, 7) is 7.42. The molecule has 0 aromatic heterocycles. The van der Waals surface area contributed by atoms with Gasteiger partial charge in [-0.15, -0.1) is 0 Å². The van der Waals surface area contributed by atoms with Crippen LogP contribution in [-0.4, -0.2) is 43.3 Å². The summed E-state index contributed by atoms with van der Waals surface area (Å²) in [5.74, 6) is 0.719. The monoisotopic (exact) mass is 538 g/mol. The van der Waals surface area contributed by atoms with E-state index in [9.17, 15) is 4.79 Å². The Balaban J connectivity index is 1.73. The Labute approximate surface area is 239 Å². The molecule has 0 fully saturated rings. The summed E-state index contributed by atoms with van der Waals surface area (Å²) in [7, 11) is 4.24. The van der Waals surface area contributed by atoms with Crippen molar-refractivity contribution in [3.63, 3.8) is 0 Å². The number of hydrogen-bond acceptors (Lipinski definition) is 3. The van der Waals surface area contributed by atoms with Crippen molar-refractivity contribution in [3.05, 3.63) is 65.7 Å². The fourth-order valence-corrected chi connectivity index (χ4v) is 5.34. The van der Waals surface area contributed by atoms with Crippen LogP contribution in [0.15, 0.2) is 54.6 Å². The van der Waals surface area contributed by atoms with Crippen molar-refractivity contribution in [2.24, 2.45) is 0 Å². The van der Waals surface area contributed by atoms with Crippen LogP contribution in [-0.2, 0) is 22.5 Å². The molecule has 0 saturated carbocycles. The van der Waals surface area contributed by atoms with Gasteiger partial charge in [0.05, 0.1) is 14.1 Å². The summed E-state index contributed by atoms with van der Waals surface area (Å²) < 4.78 is 12.5. The largest absolute Gasteiger partial charge is 0.487 e. The van der Waals surface area contributed by atoms with Crippen molar-refractivity contribution < 1.29 is 18.8 Å². The molecule has 39 heavy (non-hydrogen) atoms. The number of esters is 1. The van der Waals surface area contributed by atoms with Crippen molar-refractivity contribution in [2.75, 3.05) is 20.7 Å². The summed E-state index contributed by atoms with van der Waals surface area (Å²) >= 11 is 0. The zero-order valence-corrected chi connectivity index (χ0v) is 25.6. The lowest BCUT2D eigenvalue weighted by atomic mass is 10.0. The van der Waals surface area contributed by atoms with E-state index in [1.807, 2.05) is 31.2 Å². The van der Waals surface area contributed by atoms with Crippen LogP contribution in [0, 0.1) is 0 Å². The molecule has 4 nitrogen and oxygen atoms in total. The van der Waals surface area contributed by atoms with E-state index < -0.39 is 0 Å². The van der Waals surface area contributed by atoms with Gasteiger partial charge in [0.25, 0.3) is 0 Å². The molecule has 0 saturated heterocycles. The maximum Gasteiger partial charge on any atom is 0.365 e. The number of rotatable bonds is 21. The van der Waals surface area contributed by atoms with E-state index in [1.165, 1.54) is 75.3 Å². The van der Waals surface area contributed by atoms with Crippen LogP contribution in [0.25, 0.3) is 0 Å². The normalized spacial score (nSPS) is 13.2. The molecule has 4 heteroatoms. The van der Waals surface area contributed by atoms with Gasteiger partial charge in [-0.1, -0.05) is 114 Å². The SMILES string of the molecule is CCCCCCCCCCCCc1cccc(OC(C)COC(=O)C(CCC)[N+](C)(C)Cc2ccccc2)c1. The number of nitrogens with zero attached hydrogens (tertiary/aromatic N) is 1. The fraction of sp³-hybridized carbons (Fsp3) is 0.629. The average molecular weight is 539 g/mol. The number of carbonyl (C=O) groups excluding carboxylic acids is 1. The second-order valence-electron chi connectivity index (χ2n) is 11.9. The molecule has 0 aliphatic heterocycles.